The largest absolute Gasteiger partial charge is 0.390 e. The molecule has 0 saturated heterocycles. The fourth-order valence-electron chi connectivity index (χ4n) is 2.83. The maximum absolute atomic E-state index is 13.3. The summed E-state index contributed by atoms with van der Waals surface area (Å²) in [5, 5.41) is 9.31. The van der Waals surface area contributed by atoms with Crippen molar-refractivity contribution < 1.29 is 9.50 Å². The van der Waals surface area contributed by atoms with Crippen molar-refractivity contribution in [3.63, 3.8) is 0 Å². The molecule has 1 N–H and O–H groups in total. The Morgan fingerprint density at radius 1 is 1.00 bits per heavy atom. The van der Waals surface area contributed by atoms with Crippen molar-refractivity contribution in [2.24, 2.45) is 5.92 Å². The van der Waals surface area contributed by atoms with Crippen LogP contribution in [-0.2, 0) is 0 Å². The second-order valence-electron chi connectivity index (χ2n) is 5.67. The predicted octanol–water partition coefficient (Wildman–Crippen LogP) is 4.63. The smallest absolute Gasteiger partial charge is 0.126 e. The molecule has 0 aromatic rings. The van der Waals surface area contributed by atoms with Crippen molar-refractivity contribution in [1.82, 2.24) is 0 Å². The summed E-state index contributed by atoms with van der Waals surface area (Å²) < 4.78 is 13.3. The molecular weight excluding hydrogens is 215 g/mol. The number of rotatable bonds is 8. The number of halogens is 1. The van der Waals surface area contributed by atoms with Crippen molar-refractivity contribution in [2.45, 2.75) is 89.8 Å². The van der Waals surface area contributed by atoms with Gasteiger partial charge in [-0.15, -0.1) is 0 Å². The first-order valence-electron chi connectivity index (χ1n) is 7.56. The molecule has 17 heavy (non-hydrogen) atoms. The van der Waals surface area contributed by atoms with E-state index in [-0.39, 0.29) is 0 Å². The second-order valence-corrected chi connectivity index (χ2v) is 5.67. The molecule has 0 heterocycles. The van der Waals surface area contributed by atoms with Gasteiger partial charge in [0.1, 0.15) is 6.17 Å². The first-order chi connectivity index (χ1) is 8.24. The number of hydrogen-bond acceptors (Lipinski definition) is 1. The Morgan fingerprint density at radius 2 is 1.65 bits per heavy atom. The summed E-state index contributed by atoms with van der Waals surface area (Å²) >= 11 is 0. The average Bonchev–Trinajstić information content (AvgIpc) is 2.32. The van der Waals surface area contributed by atoms with Crippen LogP contribution in [0.4, 0.5) is 4.39 Å². The lowest BCUT2D eigenvalue weighted by Gasteiger charge is -2.28. The van der Waals surface area contributed by atoms with Gasteiger partial charge in [-0.3, -0.25) is 0 Å². The monoisotopic (exact) mass is 244 g/mol. The fraction of sp³-hybridized carbons (Fsp3) is 1.00. The molecule has 1 fully saturated rings. The molecule has 1 saturated carbocycles. The minimum absolute atomic E-state index is 0.532. The Labute approximate surface area is 106 Å². The van der Waals surface area contributed by atoms with Crippen molar-refractivity contribution in [2.75, 3.05) is 0 Å². The highest BCUT2D eigenvalue weighted by molar-refractivity contribution is 4.79. The zero-order chi connectivity index (χ0) is 12.5. The Balaban J connectivity index is 1.92. The van der Waals surface area contributed by atoms with Gasteiger partial charge in [0.25, 0.3) is 0 Å². The van der Waals surface area contributed by atoms with E-state index in [0.717, 1.165) is 6.42 Å². The lowest BCUT2D eigenvalue weighted by Crippen LogP contribution is -2.30. The molecule has 0 aromatic carbocycles. The summed E-state index contributed by atoms with van der Waals surface area (Å²) in [5.41, 5.74) is 0. The molecule has 0 radical (unpaired) electrons. The van der Waals surface area contributed by atoms with E-state index < -0.39 is 12.3 Å². The maximum Gasteiger partial charge on any atom is 0.126 e. The molecule has 1 aliphatic rings. The minimum Gasteiger partial charge on any atom is -0.390 e. The third-order valence-corrected chi connectivity index (χ3v) is 4.06. The quantitative estimate of drug-likeness (QED) is 0.617. The van der Waals surface area contributed by atoms with E-state index in [4.69, 9.17) is 0 Å². The van der Waals surface area contributed by atoms with E-state index in [1.807, 2.05) is 0 Å². The van der Waals surface area contributed by atoms with Crippen LogP contribution >= 0.6 is 0 Å². The van der Waals surface area contributed by atoms with E-state index in [0.29, 0.717) is 18.8 Å². The number of unbranched alkanes of at least 4 members (excludes halogenated alkanes) is 6. The Morgan fingerprint density at radius 3 is 2.29 bits per heavy atom. The highest BCUT2D eigenvalue weighted by Crippen LogP contribution is 2.30. The van der Waals surface area contributed by atoms with Gasteiger partial charge in [-0.05, 0) is 25.2 Å². The highest BCUT2D eigenvalue weighted by Gasteiger charge is 2.28. The lowest BCUT2D eigenvalue weighted by atomic mass is 9.83. The third-order valence-electron chi connectivity index (χ3n) is 4.06. The predicted molar refractivity (Wildman–Crippen MR) is 70.9 cm³/mol. The van der Waals surface area contributed by atoms with Gasteiger partial charge >= 0.3 is 0 Å². The summed E-state index contributed by atoms with van der Waals surface area (Å²) in [5.74, 6) is 0.532. The Bertz CT molecular complexity index is 184. The van der Waals surface area contributed by atoms with Crippen molar-refractivity contribution in [3.05, 3.63) is 0 Å². The maximum atomic E-state index is 13.3. The summed E-state index contributed by atoms with van der Waals surface area (Å²) in [6, 6.07) is 0. The molecule has 2 heteroatoms. The molecule has 0 spiro atoms. The number of aliphatic hydroxyl groups is 1. The zero-order valence-corrected chi connectivity index (χ0v) is 11.3. The highest BCUT2D eigenvalue weighted by atomic mass is 19.1. The third kappa shape index (κ3) is 6.40. The minimum atomic E-state index is -0.960. The number of alkyl halides is 1. The summed E-state index contributed by atoms with van der Waals surface area (Å²) in [6.45, 7) is 2.24. The van der Waals surface area contributed by atoms with Gasteiger partial charge in [0, 0.05) is 0 Å². The van der Waals surface area contributed by atoms with E-state index in [9.17, 15) is 9.50 Å². The molecule has 102 valence electrons. The van der Waals surface area contributed by atoms with E-state index >= 15 is 0 Å². The van der Waals surface area contributed by atoms with Crippen LogP contribution in [0.1, 0.15) is 77.6 Å². The molecule has 0 bridgehead atoms. The van der Waals surface area contributed by atoms with Gasteiger partial charge < -0.3 is 5.11 Å². The molecule has 0 aliphatic heterocycles. The molecule has 1 aliphatic carbocycles. The Hall–Kier alpha value is -0.110. The lowest BCUT2D eigenvalue weighted by molar-refractivity contribution is 0.0225. The number of hydrogen-bond donors (Lipinski definition) is 1. The first kappa shape index (κ1) is 14.9. The molecular formula is C15H29FO. The fourth-order valence-corrected chi connectivity index (χ4v) is 2.83. The normalized spacial score (nSPS) is 29.5. The van der Waals surface area contributed by atoms with E-state index in [1.54, 1.807) is 0 Å². The molecule has 0 aromatic heterocycles. The SMILES string of the molecule is CCCCCCCCCC1CCC(O)C(F)C1. The van der Waals surface area contributed by atoms with Crippen molar-refractivity contribution >= 4 is 0 Å². The van der Waals surface area contributed by atoms with Crippen LogP contribution in [0, 0.1) is 5.92 Å². The topological polar surface area (TPSA) is 20.2 Å². The standard InChI is InChI=1S/C15H29FO/c1-2-3-4-5-6-7-8-9-13-10-11-15(17)14(16)12-13/h13-15,17H,2-12H2,1H3. The van der Waals surface area contributed by atoms with Gasteiger partial charge in [0.2, 0.25) is 0 Å². The van der Waals surface area contributed by atoms with Gasteiger partial charge in [-0.25, -0.2) is 4.39 Å². The van der Waals surface area contributed by atoms with Crippen LogP contribution in [0.2, 0.25) is 0 Å². The molecule has 1 nitrogen and oxygen atoms in total. The molecule has 3 atom stereocenters. The average molecular weight is 244 g/mol. The van der Waals surface area contributed by atoms with Crippen LogP contribution < -0.4 is 0 Å². The Kier molecular flexibility index (Phi) is 7.83. The van der Waals surface area contributed by atoms with Gasteiger partial charge in [-0.1, -0.05) is 58.3 Å². The van der Waals surface area contributed by atoms with Gasteiger partial charge in [-0.2, -0.15) is 0 Å². The molecule has 3 unspecified atom stereocenters. The van der Waals surface area contributed by atoms with Crippen LogP contribution in [0.3, 0.4) is 0 Å². The second kappa shape index (κ2) is 8.91. The van der Waals surface area contributed by atoms with Crippen molar-refractivity contribution in [3.8, 4) is 0 Å². The van der Waals surface area contributed by atoms with Gasteiger partial charge in [0.05, 0.1) is 6.10 Å². The first-order valence-corrected chi connectivity index (χ1v) is 7.56. The van der Waals surface area contributed by atoms with Crippen LogP contribution in [0.5, 0.6) is 0 Å². The van der Waals surface area contributed by atoms with Crippen LogP contribution in [0.25, 0.3) is 0 Å². The van der Waals surface area contributed by atoms with E-state index in [1.165, 1.54) is 51.4 Å². The summed E-state index contributed by atoms with van der Waals surface area (Å²) in [4.78, 5) is 0. The van der Waals surface area contributed by atoms with Crippen LogP contribution in [-0.4, -0.2) is 17.4 Å². The molecule has 1 rings (SSSR count). The zero-order valence-electron chi connectivity index (χ0n) is 11.3. The van der Waals surface area contributed by atoms with E-state index in [2.05, 4.69) is 6.92 Å². The van der Waals surface area contributed by atoms with Gasteiger partial charge in [0.15, 0.2) is 0 Å². The summed E-state index contributed by atoms with van der Waals surface area (Å²) in [6.07, 6.45) is 11.1. The van der Waals surface area contributed by atoms with Crippen molar-refractivity contribution in [1.29, 1.82) is 0 Å². The van der Waals surface area contributed by atoms with Crippen LogP contribution in [0.15, 0.2) is 0 Å². The molecule has 0 amide bonds. The summed E-state index contributed by atoms with van der Waals surface area (Å²) in [7, 11) is 0. The number of aliphatic hydroxyl groups excluding tert-OH is 1.